The molecule has 0 aliphatic heterocycles. The molecule has 0 fully saturated rings. The topological polar surface area (TPSA) is 26.3 Å². The summed E-state index contributed by atoms with van der Waals surface area (Å²) in [4.78, 5) is 10.5. The molecule has 0 heterocycles. The molecule has 1 atom stereocenters. The maximum atomic E-state index is 10.5. The van der Waals surface area contributed by atoms with Gasteiger partial charge in [0.1, 0.15) is 0 Å². The number of benzene rings is 2. The van der Waals surface area contributed by atoms with Crippen molar-refractivity contribution in [1.82, 2.24) is 0 Å². The quantitative estimate of drug-likeness (QED) is 0.840. The lowest BCUT2D eigenvalue weighted by molar-refractivity contribution is 0.216. The van der Waals surface area contributed by atoms with Crippen molar-refractivity contribution in [1.29, 1.82) is 0 Å². The zero-order chi connectivity index (χ0) is 13.0. The minimum atomic E-state index is -0.529. The Balaban J connectivity index is 2.39. The van der Waals surface area contributed by atoms with Crippen molar-refractivity contribution >= 4 is 29.7 Å². The number of ether oxygens (including phenoxy) is 1. The van der Waals surface area contributed by atoms with Crippen LogP contribution >= 0.6 is 23.2 Å². The van der Waals surface area contributed by atoms with Gasteiger partial charge in [-0.3, -0.25) is 0 Å². The summed E-state index contributed by atoms with van der Waals surface area (Å²) in [5.74, 6) is 0. The molecule has 91 valence electrons. The van der Waals surface area contributed by atoms with Crippen LogP contribution < -0.4 is 0 Å². The molecular weight excluding hydrogens is 271 g/mol. The summed E-state index contributed by atoms with van der Waals surface area (Å²) in [5, 5.41) is 1.21. The van der Waals surface area contributed by atoms with Crippen LogP contribution in [-0.2, 0) is 9.53 Å². The molecule has 0 amide bonds. The van der Waals surface area contributed by atoms with Crippen LogP contribution in [0.3, 0.4) is 0 Å². The van der Waals surface area contributed by atoms with Gasteiger partial charge >= 0.3 is 6.47 Å². The van der Waals surface area contributed by atoms with E-state index in [-0.39, 0.29) is 0 Å². The highest BCUT2D eigenvalue weighted by atomic mass is 35.5. The van der Waals surface area contributed by atoms with E-state index in [1.807, 2.05) is 6.07 Å². The van der Waals surface area contributed by atoms with Crippen LogP contribution in [0.5, 0.6) is 0 Å². The van der Waals surface area contributed by atoms with Gasteiger partial charge in [-0.1, -0.05) is 47.5 Å². The molecule has 18 heavy (non-hydrogen) atoms. The second-order valence-corrected chi connectivity index (χ2v) is 4.56. The van der Waals surface area contributed by atoms with Gasteiger partial charge in [0.05, 0.1) is 0 Å². The fraction of sp³-hybridized carbons (Fsp3) is 0.0714. The molecule has 1 unspecified atom stereocenters. The third-order valence-corrected chi connectivity index (χ3v) is 2.98. The Kier molecular flexibility index (Phi) is 4.24. The van der Waals surface area contributed by atoms with Crippen LogP contribution in [0.4, 0.5) is 0 Å². The SMILES string of the molecule is O=[C]OC(c1ccc(Cl)cc1)c1cccc(Cl)c1. The van der Waals surface area contributed by atoms with Gasteiger partial charge in [-0.2, -0.15) is 0 Å². The van der Waals surface area contributed by atoms with E-state index in [1.165, 1.54) is 6.47 Å². The lowest BCUT2D eigenvalue weighted by atomic mass is 10.0. The summed E-state index contributed by atoms with van der Waals surface area (Å²) >= 11 is 11.8. The van der Waals surface area contributed by atoms with Crippen molar-refractivity contribution in [3.05, 3.63) is 69.7 Å². The first-order valence-corrected chi connectivity index (χ1v) is 6.00. The summed E-state index contributed by atoms with van der Waals surface area (Å²) in [6, 6.07) is 14.2. The highest BCUT2D eigenvalue weighted by molar-refractivity contribution is 6.30. The highest BCUT2D eigenvalue weighted by Crippen LogP contribution is 2.28. The fourth-order valence-corrected chi connectivity index (χ4v) is 2.01. The Bertz CT molecular complexity index is 538. The first-order valence-electron chi connectivity index (χ1n) is 5.24. The van der Waals surface area contributed by atoms with Crippen molar-refractivity contribution < 1.29 is 9.53 Å². The zero-order valence-corrected chi connectivity index (χ0v) is 10.8. The van der Waals surface area contributed by atoms with E-state index in [4.69, 9.17) is 27.9 Å². The number of hydrogen-bond donors (Lipinski definition) is 0. The van der Waals surface area contributed by atoms with Gasteiger partial charge in [-0.15, -0.1) is 0 Å². The molecule has 2 nitrogen and oxygen atoms in total. The lowest BCUT2D eigenvalue weighted by Gasteiger charge is -2.15. The normalized spacial score (nSPS) is 11.9. The number of rotatable bonds is 4. The van der Waals surface area contributed by atoms with E-state index in [1.54, 1.807) is 42.5 Å². The summed E-state index contributed by atoms with van der Waals surface area (Å²) in [6.45, 7) is 1.47. The van der Waals surface area contributed by atoms with Gasteiger partial charge < -0.3 is 4.74 Å². The van der Waals surface area contributed by atoms with Crippen molar-refractivity contribution in [3.63, 3.8) is 0 Å². The van der Waals surface area contributed by atoms with Crippen LogP contribution in [0.15, 0.2) is 48.5 Å². The highest BCUT2D eigenvalue weighted by Gasteiger charge is 2.15. The third kappa shape index (κ3) is 3.03. The molecule has 2 aromatic rings. The zero-order valence-electron chi connectivity index (χ0n) is 9.27. The number of hydrogen-bond acceptors (Lipinski definition) is 2. The van der Waals surface area contributed by atoms with E-state index < -0.39 is 6.10 Å². The van der Waals surface area contributed by atoms with E-state index in [2.05, 4.69) is 0 Å². The maximum absolute atomic E-state index is 10.5. The van der Waals surface area contributed by atoms with E-state index >= 15 is 0 Å². The summed E-state index contributed by atoms with van der Waals surface area (Å²) < 4.78 is 5.00. The standard InChI is InChI=1S/C14H9Cl2O2/c15-12-6-4-10(5-7-12)14(18-9-17)11-2-1-3-13(16)8-11/h1-8,14H. The predicted molar refractivity (Wildman–Crippen MR) is 71.5 cm³/mol. The summed E-state index contributed by atoms with van der Waals surface area (Å²) in [7, 11) is 0. The van der Waals surface area contributed by atoms with Gasteiger partial charge in [0, 0.05) is 10.0 Å². The number of carbonyl (C=O) groups excluding carboxylic acids is 1. The molecule has 0 aromatic heterocycles. The van der Waals surface area contributed by atoms with Crippen molar-refractivity contribution in [2.24, 2.45) is 0 Å². The second-order valence-electron chi connectivity index (χ2n) is 3.69. The third-order valence-electron chi connectivity index (χ3n) is 2.49. The Morgan fingerprint density at radius 3 is 2.28 bits per heavy atom. The average Bonchev–Trinajstić information content (AvgIpc) is 2.37. The Hall–Kier alpha value is -1.51. The molecule has 0 saturated heterocycles. The number of halogens is 2. The Morgan fingerprint density at radius 2 is 1.67 bits per heavy atom. The van der Waals surface area contributed by atoms with Crippen LogP contribution in [0, 0.1) is 0 Å². The Labute approximate surface area is 115 Å². The van der Waals surface area contributed by atoms with Crippen molar-refractivity contribution in [3.8, 4) is 0 Å². The van der Waals surface area contributed by atoms with Crippen molar-refractivity contribution in [2.45, 2.75) is 6.10 Å². The van der Waals surface area contributed by atoms with E-state index in [0.717, 1.165) is 11.1 Å². The first kappa shape index (κ1) is 12.9. The van der Waals surface area contributed by atoms with Crippen LogP contribution in [-0.4, -0.2) is 6.47 Å². The summed E-state index contributed by atoms with van der Waals surface area (Å²) in [5.41, 5.74) is 1.60. The van der Waals surface area contributed by atoms with Gasteiger partial charge in [-0.25, -0.2) is 4.79 Å². The van der Waals surface area contributed by atoms with Crippen LogP contribution in [0.1, 0.15) is 17.2 Å². The molecule has 0 N–H and O–H groups in total. The largest absolute Gasteiger partial charge is 0.444 e. The van der Waals surface area contributed by atoms with Gasteiger partial charge in [-0.05, 0) is 35.4 Å². The van der Waals surface area contributed by atoms with Gasteiger partial charge in [0.2, 0.25) is 0 Å². The Morgan fingerprint density at radius 1 is 0.944 bits per heavy atom. The maximum Gasteiger partial charge on any atom is 0.418 e. The summed E-state index contributed by atoms with van der Waals surface area (Å²) in [6.07, 6.45) is -0.529. The molecule has 2 rings (SSSR count). The smallest absolute Gasteiger partial charge is 0.418 e. The molecule has 0 aliphatic rings. The fourth-order valence-electron chi connectivity index (χ4n) is 1.68. The second kappa shape index (κ2) is 5.89. The van der Waals surface area contributed by atoms with Crippen LogP contribution in [0.2, 0.25) is 10.0 Å². The van der Waals surface area contributed by atoms with Crippen LogP contribution in [0.25, 0.3) is 0 Å². The van der Waals surface area contributed by atoms with Gasteiger partial charge in [0.25, 0.3) is 0 Å². The molecular formula is C14H9Cl2O2. The average molecular weight is 280 g/mol. The lowest BCUT2D eigenvalue weighted by Crippen LogP contribution is -2.05. The molecule has 0 aliphatic carbocycles. The predicted octanol–water partition coefficient (Wildman–Crippen LogP) is 4.17. The minimum absolute atomic E-state index is 0.529. The first-order chi connectivity index (χ1) is 8.70. The monoisotopic (exact) mass is 279 g/mol. The molecule has 2 aromatic carbocycles. The van der Waals surface area contributed by atoms with Crippen molar-refractivity contribution in [2.75, 3.05) is 0 Å². The van der Waals surface area contributed by atoms with E-state index in [0.29, 0.717) is 10.0 Å². The molecule has 4 heteroatoms. The van der Waals surface area contributed by atoms with Gasteiger partial charge in [0.15, 0.2) is 6.10 Å². The van der Waals surface area contributed by atoms with E-state index in [9.17, 15) is 4.79 Å². The minimum Gasteiger partial charge on any atom is -0.444 e. The molecule has 0 spiro atoms. The molecule has 0 bridgehead atoms. The molecule has 0 saturated carbocycles. The molecule has 1 radical (unpaired) electrons.